The van der Waals surface area contributed by atoms with Crippen LogP contribution in [0.25, 0.3) is 0 Å². The van der Waals surface area contributed by atoms with Crippen molar-refractivity contribution in [1.82, 2.24) is 9.78 Å². The molecule has 22 heavy (non-hydrogen) atoms. The van der Waals surface area contributed by atoms with Crippen LogP contribution >= 0.6 is 0 Å². The Morgan fingerprint density at radius 2 is 2.14 bits per heavy atom. The van der Waals surface area contributed by atoms with Crippen LogP contribution in [0.5, 0.6) is 0 Å². The molecule has 0 spiro atoms. The minimum Gasteiger partial charge on any atom is -0.428 e. The molecule has 3 rings (SSSR count). The first-order chi connectivity index (χ1) is 10.5. The number of rotatable bonds is 3. The van der Waals surface area contributed by atoms with Gasteiger partial charge in [0.1, 0.15) is 5.82 Å². The summed E-state index contributed by atoms with van der Waals surface area (Å²) in [4.78, 5) is 0. The fourth-order valence-electron chi connectivity index (χ4n) is 2.92. The average Bonchev–Trinajstić information content (AvgIpc) is 2.93. The van der Waals surface area contributed by atoms with Crippen molar-refractivity contribution in [2.24, 2.45) is 0 Å². The highest BCUT2D eigenvalue weighted by Crippen LogP contribution is 2.39. The number of nitrogens with one attached hydrogen (secondary N) is 3. The molecule has 0 saturated carbocycles. The summed E-state index contributed by atoms with van der Waals surface area (Å²) in [6, 6.07) is 10.4. The van der Waals surface area contributed by atoms with Crippen LogP contribution in [0.1, 0.15) is 37.4 Å². The highest BCUT2D eigenvalue weighted by molar-refractivity contribution is 5.99. The Bertz CT molecular complexity index is 705. The van der Waals surface area contributed by atoms with Crippen molar-refractivity contribution in [3.63, 3.8) is 0 Å². The third-order valence-electron chi connectivity index (χ3n) is 3.98. The van der Waals surface area contributed by atoms with Gasteiger partial charge in [-0.25, -0.2) is 4.68 Å². The maximum atomic E-state index is 7.92. The fraction of sp³-hybridized carbons (Fsp3) is 0.312. The lowest BCUT2D eigenvalue weighted by Crippen LogP contribution is -2.38. The van der Waals surface area contributed by atoms with Crippen molar-refractivity contribution < 1.29 is 4.74 Å². The Labute approximate surface area is 129 Å². The van der Waals surface area contributed by atoms with Gasteiger partial charge in [-0.3, -0.25) is 10.8 Å². The monoisotopic (exact) mass is 297 g/mol. The van der Waals surface area contributed by atoms with Gasteiger partial charge in [0.05, 0.1) is 23.3 Å². The Hall–Kier alpha value is -2.63. The molecule has 0 aliphatic carbocycles. The first-order valence-electron chi connectivity index (χ1n) is 7.17. The molecule has 0 fully saturated rings. The van der Waals surface area contributed by atoms with Crippen molar-refractivity contribution in [3.05, 3.63) is 47.7 Å². The zero-order chi connectivity index (χ0) is 15.7. The molecule has 1 aromatic heterocycles. The minimum atomic E-state index is -0.176. The van der Waals surface area contributed by atoms with E-state index in [0.29, 0.717) is 5.56 Å². The van der Waals surface area contributed by atoms with Crippen LogP contribution in [0, 0.1) is 10.8 Å². The summed E-state index contributed by atoms with van der Waals surface area (Å²) in [7, 11) is 0. The predicted octanol–water partition coefficient (Wildman–Crippen LogP) is 3.12. The van der Waals surface area contributed by atoms with Crippen molar-refractivity contribution in [2.75, 3.05) is 5.32 Å². The molecule has 0 saturated heterocycles. The minimum absolute atomic E-state index is 0.0757. The van der Waals surface area contributed by atoms with Crippen LogP contribution in [0.15, 0.2) is 36.5 Å². The molecule has 6 nitrogen and oxygen atoms in total. The lowest BCUT2D eigenvalue weighted by atomic mass is 9.89. The van der Waals surface area contributed by atoms with Gasteiger partial charge in [-0.2, -0.15) is 5.10 Å². The molecule has 3 N–H and O–H groups in total. The number of hydrogen-bond acceptors (Lipinski definition) is 5. The molecule has 1 aromatic carbocycles. The number of benzene rings is 1. The second-order valence-corrected chi connectivity index (χ2v) is 6.01. The van der Waals surface area contributed by atoms with Gasteiger partial charge in [-0.05, 0) is 25.8 Å². The largest absolute Gasteiger partial charge is 0.428 e. The van der Waals surface area contributed by atoms with E-state index in [1.54, 1.807) is 6.20 Å². The van der Waals surface area contributed by atoms with Gasteiger partial charge < -0.3 is 10.1 Å². The number of hydrogen-bond donors (Lipinski definition) is 3. The molecule has 1 aliphatic rings. The second kappa shape index (κ2) is 5.29. The maximum Gasteiger partial charge on any atom is 0.225 e. The van der Waals surface area contributed by atoms with Gasteiger partial charge in [0.2, 0.25) is 5.90 Å². The van der Waals surface area contributed by atoms with E-state index in [0.717, 1.165) is 18.6 Å². The normalized spacial score (nSPS) is 18.9. The number of ether oxygens (including phenoxy) is 1. The molecule has 1 atom stereocenters. The molecule has 0 bridgehead atoms. The number of fused-ring (bicyclic) bond motifs is 1. The Balaban J connectivity index is 2.01. The van der Waals surface area contributed by atoms with Gasteiger partial charge in [0.25, 0.3) is 0 Å². The lowest BCUT2D eigenvalue weighted by Gasteiger charge is -2.38. The van der Waals surface area contributed by atoms with Crippen LogP contribution < -0.4 is 5.32 Å². The molecule has 0 amide bonds. The van der Waals surface area contributed by atoms with Crippen molar-refractivity contribution >= 4 is 18.1 Å². The summed E-state index contributed by atoms with van der Waals surface area (Å²) in [6.45, 7) is 4.26. The molecular formula is C16H19N5O. The molecule has 1 aliphatic heterocycles. The predicted molar refractivity (Wildman–Crippen MR) is 85.7 cm³/mol. The SMILES string of the molecule is CC1(C)CC(c2ccccc2)Nc2c(C(=N)OC=N)cnn21. The number of aromatic nitrogens is 2. The van der Waals surface area contributed by atoms with Crippen LogP contribution in [-0.2, 0) is 10.3 Å². The zero-order valence-electron chi connectivity index (χ0n) is 12.6. The van der Waals surface area contributed by atoms with Gasteiger partial charge in [-0.15, -0.1) is 0 Å². The fourth-order valence-corrected chi connectivity index (χ4v) is 2.92. The van der Waals surface area contributed by atoms with Crippen molar-refractivity contribution in [2.45, 2.75) is 31.8 Å². The molecule has 6 heteroatoms. The summed E-state index contributed by atoms with van der Waals surface area (Å²) in [5, 5.41) is 22.8. The smallest absolute Gasteiger partial charge is 0.225 e. The Morgan fingerprint density at radius 1 is 1.41 bits per heavy atom. The van der Waals surface area contributed by atoms with E-state index in [-0.39, 0.29) is 17.5 Å². The summed E-state index contributed by atoms with van der Waals surface area (Å²) in [5.41, 5.74) is 1.59. The van der Waals surface area contributed by atoms with E-state index < -0.39 is 0 Å². The zero-order valence-corrected chi connectivity index (χ0v) is 12.6. The average molecular weight is 297 g/mol. The molecule has 2 heterocycles. The number of anilines is 1. The van der Waals surface area contributed by atoms with Gasteiger partial charge in [0.15, 0.2) is 6.40 Å². The van der Waals surface area contributed by atoms with Crippen molar-refractivity contribution in [1.29, 1.82) is 10.8 Å². The third-order valence-corrected chi connectivity index (χ3v) is 3.98. The van der Waals surface area contributed by atoms with E-state index in [2.05, 4.69) is 36.4 Å². The summed E-state index contributed by atoms with van der Waals surface area (Å²) in [5.74, 6) is 0.685. The van der Waals surface area contributed by atoms with Crippen molar-refractivity contribution in [3.8, 4) is 0 Å². The number of nitrogens with zero attached hydrogens (tertiary/aromatic N) is 2. The lowest BCUT2D eigenvalue weighted by molar-refractivity contribution is 0.263. The summed E-state index contributed by atoms with van der Waals surface area (Å²) in [6.07, 6.45) is 3.27. The van der Waals surface area contributed by atoms with Gasteiger partial charge in [-0.1, -0.05) is 30.3 Å². The highest BCUT2D eigenvalue weighted by Gasteiger charge is 2.36. The first-order valence-corrected chi connectivity index (χ1v) is 7.17. The third kappa shape index (κ3) is 2.36. The molecule has 114 valence electrons. The molecule has 2 aromatic rings. The topological polar surface area (TPSA) is 86.8 Å². The van der Waals surface area contributed by atoms with Crippen LogP contribution in [0.4, 0.5) is 5.82 Å². The van der Waals surface area contributed by atoms with E-state index in [1.807, 2.05) is 22.9 Å². The van der Waals surface area contributed by atoms with Crippen LogP contribution in [0.3, 0.4) is 0 Å². The van der Waals surface area contributed by atoms with Crippen LogP contribution in [-0.4, -0.2) is 22.1 Å². The maximum absolute atomic E-state index is 7.92. The van der Waals surface area contributed by atoms with E-state index in [9.17, 15) is 0 Å². The molecule has 1 unspecified atom stereocenters. The quantitative estimate of drug-likeness (QED) is 0.601. The van der Waals surface area contributed by atoms with E-state index >= 15 is 0 Å². The Morgan fingerprint density at radius 3 is 2.82 bits per heavy atom. The van der Waals surface area contributed by atoms with Gasteiger partial charge in [0, 0.05) is 0 Å². The summed E-state index contributed by atoms with van der Waals surface area (Å²) < 4.78 is 6.79. The molecular weight excluding hydrogens is 278 g/mol. The Kier molecular flexibility index (Phi) is 3.44. The van der Waals surface area contributed by atoms with E-state index in [1.165, 1.54) is 5.56 Å². The second-order valence-electron chi connectivity index (χ2n) is 6.01. The van der Waals surface area contributed by atoms with Crippen LogP contribution in [0.2, 0.25) is 0 Å². The highest BCUT2D eigenvalue weighted by atomic mass is 16.5. The first kappa shape index (κ1) is 14.3. The van der Waals surface area contributed by atoms with Gasteiger partial charge >= 0.3 is 0 Å². The standard InChI is InChI=1S/C16H19N5O/c1-16(2)8-13(11-6-4-3-5-7-11)20-15-12(9-19-21(15)16)14(18)22-10-17/h3-7,9-10,13,17-18,20H,8H2,1-2H3. The molecule has 0 radical (unpaired) electrons. The summed E-state index contributed by atoms with van der Waals surface area (Å²) >= 11 is 0. The van der Waals surface area contributed by atoms with E-state index in [4.69, 9.17) is 15.6 Å².